The molecule has 0 atom stereocenters. The number of alkyl halides is 5. The fraction of sp³-hybridized carbons (Fsp3) is 0.333. The molecule has 0 saturated heterocycles. The molecule has 1 rings (SSSR count). The van der Waals surface area contributed by atoms with Gasteiger partial charge in [0, 0.05) is 6.20 Å². The van der Waals surface area contributed by atoms with Crippen molar-refractivity contribution in [1.82, 2.24) is 4.98 Å². The van der Waals surface area contributed by atoms with Gasteiger partial charge in [-0.15, -0.1) is 0 Å². The fourth-order valence-corrected chi connectivity index (χ4v) is 1.97. The highest BCUT2D eigenvalue weighted by molar-refractivity contribution is 9.10. The molecule has 0 spiro atoms. The zero-order chi connectivity index (χ0) is 13.2. The minimum Gasteiger partial charge on any atom is -0.254 e. The molecule has 0 N–H and O–H groups in total. The van der Waals surface area contributed by atoms with Gasteiger partial charge in [0.25, 0.3) is 6.43 Å². The molecule has 0 aliphatic heterocycles. The molecule has 0 saturated carbocycles. The van der Waals surface area contributed by atoms with Crippen molar-refractivity contribution >= 4 is 15.9 Å². The van der Waals surface area contributed by atoms with Crippen molar-refractivity contribution < 1.29 is 22.0 Å². The summed E-state index contributed by atoms with van der Waals surface area (Å²) in [6, 6.07) is 1.52. The van der Waals surface area contributed by atoms with Gasteiger partial charge in [-0.2, -0.15) is 18.4 Å². The maximum atomic E-state index is 12.7. The number of aromatic nitrogens is 1. The fourth-order valence-electron chi connectivity index (χ4n) is 1.22. The SMILES string of the molecule is N#CCc1cnc(C(F)F)c(Br)c1C(F)(F)F. The third kappa shape index (κ3) is 2.91. The number of halogens is 6. The van der Waals surface area contributed by atoms with E-state index in [0.717, 1.165) is 0 Å². The molecule has 0 aromatic carbocycles. The van der Waals surface area contributed by atoms with E-state index in [4.69, 9.17) is 5.26 Å². The van der Waals surface area contributed by atoms with E-state index in [1.165, 1.54) is 6.07 Å². The second-order valence-electron chi connectivity index (χ2n) is 2.99. The molecule has 0 aliphatic rings. The summed E-state index contributed by atoms with van der Waals surface area (Å²) < 4.78 is 62.0. The Bertz CT molecular complexity index is 464. The smallest absolute Gasteiger partial charge is 0.254 e. The van der Waals surface area contributed by atoms with Crippen LogP contribution in [0.2, 0.25) is 0 Å². The van der Waals surface area contributed by atoms with Crippen LogP contribution in [0.3, 0.4) is 0 Å². The molecule has 1 aromatic rings. The average molecular weight is 315 g/mol. The first kappa shape index (κ1) is 13.8. The minimum atomic E-state index is -4.82. The molecule has 0 bridgehead atoms. The molecule has 1 heterocycles. The lowest BCUT2D eigenvalue weighted by Crippen LogP contribution is -2.13. The van der Waals surface area contributed by atoms with Gasteiger partial charge in [0.05, 0.1) is 22.5 Å². The summed E-state index contributed by atoms with van der Waals surface area (Å²) in [5.74, 6) is 0. The third-order valence-electron chi connectivity index (χ3n) is 1.88. The van der Waals surface area contributed by atoms with Crippen LogP contribution < -0.4 is 0 Å². The van der Waals surface area contributed by atoms with E-state index < -0.39 is 40.3 Å². The molecule has 8 heteroatoms. The van der Waals surface area contributed by atoms with E-state index in [9.17, 15) is 22.0 Å². The highest BCUT2D eigenvalue weighted by atomic mass is 79.9. The second-order valence-corrected chi connectivity index (χ2v) is 3.78. The molecule has 0 fully saturated rings. The van der Waals surface area contributed by atoms with Crippen molar-refractivity contribution in [3.63, 3.8) is 0 Å². The summed E-state index contributed by atoms with van der Waals surface area (Å²) in [6.07, 6.45) is -7.85. The molecule has 0 radical (unpaired) electrons. The molecule has 0 amide bonds. The second kappa shape index (κ2) is 4.96. The number of nitrogens with zero attached hydrogens (tertiary/aromatic N) is 2. The lowest BCUT2D eigenvalue weighted by Gasteiger charge is -2.15. The highest BCUT2D eigenvalue weighted by Gasteiger charge is 2.38. The molecule has 2 nitrogen and oxygen atoms in total. The van der Waals surface area contributed by atoms with Crippen LogP contribution in [0.5, 0.6) is 0 Å². The Morgan fingerprint density at radius 2 is 2.00 bits per heavy atom. The van der Waals surface area contributed by atoms with Gasteiger partial charge >= 0.3 is 6.18 Å². The average Bonchev–Trinajstić information content (AvgIpc) is 2.15. The van der Waals surface area contributed by atoms with Crippen molar-refractivity contribution in [3.05, 3.63) is 27.5 Å². The maximum Gasteiger partial charge on any atom is 0.417 e. The third-order valence-corrected chi connectivity index (χ3v) is 2.69. The van der Waals surface area contributed by atoms with Crippen LogP contribution in [0.1, 0.15) is 23.2 Å². The lowest BCUT2D eigenvalue weighted by atomic mass is 10.1. The van der Waals surface area contributed by atoms with Crippen molar-refractivity contribution in [2.24, 2.45) is 0 Å². The zero-order valence-electron chi connectivity index (χ0n) is 8.02. The van der Waals surface area contributed by atoms with Gasteiger partial charge in [0.2, 0.25) is 0 Å². The van der Waals surface area contributed by atoms with E-state index in [2.05, 4.69) is 20.9 Å². The number of hydrogen-bond donors (Lipinski definition) is 0. The Kier molecular flexibility index (Phi) is 4.03. The molecule has 0 unspecified atom stereocenters. The van der Waals surface area contributed by atoms with Crippen LogP contribution in [0.15, 0.2) is 10.7 Å². The van der Waals surface area contributed by atoms with Gasteiger partial charge in [-0.1, -0.05) is 0 Å². The number of hydrogen-bond acceptors (Lipinski definition) is 2. The van der Waals surface area contributed by atoms with Gasteiger partial charge in [0.15, 0.2) is 0 Å². The minimum absolute atomic E-state index is 0.434. The van der Waals surface area contributed by atoms with Gasteiger partial charge in [-0.05, 0) is 21.5 Å². The summed E-state index contributed by atoms with van der Waals surface area (Å²) in [5, 5.41) is 8.37. The van der Waals surface area contributed by atoms with Crippen LogP contribution >= 0.6 is 15.9 Å². The summed E-state index contributed by atoms with van der Waals surface area (Å²) in [5.41, 5.74) is -2.69. The predicted octanol–water partition coefficient (Wildman–Crippen LogP) is 3.87. The van der Waals surface area contributed by atoms with Crippen molar-refractivity contribution in [3.8, 4) is 6.07 Å². The molecule has 92 valence electrons. The Morgan fingerprint density at radius 1 is 1.41 bits per heavy atom. The van der Waals surface area contributed by atoms with Crippen molar-refractivity contribution in [2.45, 2.75) is 19.0 Å². The van der Waals surface area contributed by atoms with Crippen LogP contribution in [0, 0.1) is 11.3 Å². The standard InChI is InChI=1S/C9H4BrF5N2/c10-6-5(9(13,14)15)4(1-2-16)3-17-7(6)8(11)12/h3,8H,1H2. The van der Waals surface area contributed by atoms with E-state index >= 15 is 0 Å². The Morgan fingerprint density at radius 3 is 2.41 bits per heavy atom. The van der Waals surface area contributed by atoms with E-state index in [1.807, 2.05) is 0 Å². The number of rotatable bonds is 2. The van der Waals surface area contributed by atoms with Crippen molar-refractivity contribution in [2.75, 3.05) is 0 Å². The van der Waals surface area contributed by atoms with Crippen LogP contribution in [-0.2, 0) is 12.6 Å². The van der Waals surface area contributed by atoms with E-state index in [-0.39, 0.29) is 0 Å². The largest absolute Gasteiger partial charge is 0.417 e. The van der Waals surface area contributed by atoms with Gasteiger partial charge < -0.3 is 0 Å². The lowest BCUT2D eigenvalue weighted by molar-refractivity contribution is -0.138. The molecular weight excluding hydrogens is 311 g/mol. The molecular formula is C9H4BrF5N2. The molecule has 17 heavy (non-hydrogen) atoms. The predicted molar refractivity (Wildman–Crippen MR) is 51.2 cm³/mol. The molecule has 0 aliphatic carbocycles. The summed E-state index contributed by atoms with van der Waals surface area (Å²) >= 11 is 2.47. The normalized spacial score (nSPS) is 11.6. The number of pyridine rings is 1. The first-order valence-corrected chi connectivity index (χ1v) is 4.98. The first-order chi connectivity index (χ1) is 7.79. The van der Waals surface area contributed by atoms with Crippen LogP contribution in [0.4, 0.5) is 22.0 Å². The summed E-state index contributed by atoms with van der Waals surface area (Å²) in [4.78, 5) is 3.22. The zero-order valence-corrected chi connectivity index (χ0v) is 9.61. The molecule has 1 aromatic heterocycles. The Balaban J connectivity index is 3.49. The number of nitriles is 1. The maximum absolute atomic E-state index is 12.7. The summed E-state index contributed by atoms with van der Waals surface area (Å²) in [7, 11) is 0. The highest BCUT2D eigenvalue weighted by Crippen LogP contribution is 2.40. The Labute approximate surface area is 101 Å². The quantitative estimate of drug-likeness (QED) is 0.777. The topological polar surface area (TPSA) is 36.7 Å². The van der Waals surface area contributed by atoms with E-state index in [1.54, 1.807) is 0 Å². The Hall–Kier alpha value is -1.23. The van der Waals surface area contributed by atoms with Gasteiger partial charge in [-0.25, -0.2) is 8.78 Å². The van der Waals surface area contributed by atoms with Gasteiger partial charge in [0.1, 0.15) is 5.69 Å². The van der Waals surface area contributed by atoms with Gasteiger partial charge in [-0.3, -0.25) is 4.98 Å². The summed E-state index contributed by atoms with van der Waals surface area (Å²) in [6.45, 7) is 0. The van der Waals surface area contributed by atoms with Crippen LogP contribution in [-0.4, -0.2) is 4.98 Å². The van der Waals surface area contributed by atoms with Crippen molar-refractivity contribution in [1.29, 1.82) is 5.26 Å². The first-order valence-electron chi connectivity index (χ1n) is 4.18. The van der Waals surface area contributed by atoms with E-state index in [0.29, 0.717) is 6.20 Å². The van der Waals surface area contributed by atoms with Crippen LogP contribution in [0.25, 0.3) is 0 Å². The monoisotopic (exact) mass is 314 g/mol.